The number of benzene rings is 2. The average Bonchev–Trinajstić information content (AvgIpc) is 2.64. The molecule has 138 valence electrons. The summed E-state index contributed by atoms with van der Waals surface area (Å²) in [4.78, 5) is 35.8. The van der Waals surface area contributed by atoms with Crippen LogP contribution in [0.15, 0.2) is 53.3 Å². The standard InChI is InChI=1S/C19H15FN2O5/c20-12-7-4-8-13-15(12)17(25)16(18(26)21-9-14(23)24)19(27)22(13)10-11-5-2-1-3-6-11/h1-8,25H,9-10H2,(H,21,26)(H,23,24). The van der Waals surface area contributed by atoms with Gasteiger partial charge in [0.2, 0.25) is 0 Å². The van der Waals surface area contributed by atoms with E-state index in [1.165, 1.54) is 16.7 Å². The summed E-state index contributed by atoms with van der Waals surface area (Å²) in [5, 5.41) is 20.8. The lowest BCUT2D eigenvalue weighted by atomic mass is 10.1. The van der Waals surface area contributed by atoms with E-state index >= 15 is 0 Å². The van der Waals surface area contributed by atoms with Crippen LogP contribution in [0.3, 0.4) is 0 Å². The van der Waals surface area contributed by atoms with Gasteiger partial charge < -0.3 is 20.1 Å². The fraction of sp³-hybridized carbons (Fsp3) is 0.105. The number of aliphatic carboxylic acids is 1. The molecule has 7 nitrogen and oxygen atoms in total. The van der Waals surface area contributed by atoms with E-state index < -0.39 is 41.1 Å². The van der Waals surface area contributed by atoms with Crippen LogP contribution in [0, 0.1) is 5.82 Å². The Hall–Kier alpha value is -3.68. The quantitative estimate of drug-likeness (QED) is 0.634. The van der Waals surface area contributed by atoms with Crippen molar-refractivity contribution in [3.8, 4) is 5.75 Å². The maximum atomic E-state index is 14.4. The summed E-state index contributed by atoms with van der Waals surface area (Å²) in [5.74, 6) is -4.04. The molecule has 0 fully saturated rings. The average molecular weight is 370 g/mol. The van der Waals surface area contributed by atoms with Gasteiger partial charge in [0.05, 0.1) is 17.4 Å². The van der Waals surface area contributed by atoms with Crippen molar-refractivity contribution < 1.29 is 24.2 Å². The van der Waals surface area contributed by atoms with Crippen molar-refractivity contribution in [2.24, 2.45) is 0 Å². The van der Waals surface area contributed by atoms with Crippen molar-refractivity contribution in [2.45, 2.75) is 6.54 Å². The van der Waals surface area contributed by atoms with E-state index in [1.54, 1.807) is 30.3 Å². The predicted molar refractivity (Wildman–Crippen MR) is 95.3 cm³/mol. The van der Waals surface area contributed by atoms with Crippen LogP contribution in [0.1, 0.15) is 15.9 Å². The van der Waals surface area contributed by atoms with E-state index in [9.17, 15) is 23.9 Å². The minimum absolute atomic E-state index is 0.0408. The zero-order valence-corrected chi connectivity index (χ0v) is 14.0. The number of fused-ring (bicyclic) bond motifs is 1. The minimum Gasteiger partial charge on any atom is -0.506 e. The zero-order valence-electron chi connectivity index (χ0n) is 14.0. The Balaban J connectivity index is 2.24. The van der Waals surface area contributed by atoms with E-state index in [4.69, 9.17) is 5.11 Å². The van der Waals surface area contributed by atoms with Crippen LogP contribution < -0.4 is 10.9 Å². The number of nitrogens with zero attached hydrogens (tertiary/aromatic N) is 1. The van der Waals surface area contributed by atoms with Crippen LogP contribution in [-0.4, -0.2) is 33.2 Å². The molecule has 8 heteroatoms. The van der Waals surface area contributed by atoms with Crippen molar-refractivity contribution in [3.63, 3.8) is 0 Å². The summed E-state index contributed by atoms with van der Waals surface area (Å²) in [7, 11) is 0. The lowest BCUT2D eigenvalue weighted by Crippen LogP contribution is -2.36. The third-order valence-corrected chi connectivity index (χ3v) is 4.03. The molecule has 27 heavy (non-hydrogen) atoms. The first-order valence-corrected chi connectivity index (χ1v) is 7.98. The number of halogens is 1. The number of pyridine rings is 1. The van der Waals surface area contributed by atoms with Gasteiger partial charge in [-0.2, -0.15) is 0 Å². The molecule has 3 rings (SSSR count). The van der Waals surface area contributed by atoms with Gasteiger partial charge in [-0.3, -0.25) is 14.4 Å². The largest absolute Gasteiger partial charge is 0.506 e. The molecule has 1 amide bonds. The molecule has 3 aromatic rings. The van der Waals surface area contributed by atoms with Gasteiger partial charge in [0.25, 0.3) is 11.5 Å². The maximum absolute atomic E-state index is 14.4. The second kappa shape index (κ2) is 7.28. The Morgan fingerprint density at radius 3 is 2.44 bits per heavy atom. The second-order valence-corrected chi connectivity index (χ2v) is 5.81. The van der Waals surface area contributed by atoms with E-state index in [-0.39, 0.29) is 17.4 Å². The molecule has 0 unspecified atom stereocenters. The smallest absolute Gasteiger partial charge is 0.322 e. The number of carbonyl (C=O) groups excluding carboxylic acids is 1. The highest BCUT2D eigenvalue weighted by Crippen LogP contribution is 2.29. The molecular formula is C19H15FN2O5. The number of nitrogens with one attached hydrogen (secondary N) is 1. The molecule has 0 atom stereocenters. The van der Waals surface area contributed by atoms with Gasteiger partial charge in [0.15, 0.2) is 0 Å². The van der Waals surface area contributed by atoms with E-state index in [2.05, 4.69) is 0 Å². The van der Waals surface area contributed by atoms with Gasteiger partial charge in [-0.25, -0.2) is 4.39 Å². The lowest BCUT2D eigenvalue weighted by molar-refractivity contribution is -0.135. The molecule has 0 aliphatic rings. The fourth-order valence-electron chi connectivity index (χ4n) is 2.81. The number of carboxylic acid groups (broad SMARTS) is 1. The monoisotopic (exact) mass is 370 g/mol. The van der Waals surface area contributed by atoms with Gasteiger partial charge in [-0.1, -0.05) is 36.4 Å². The SMILES string of the molecule is O=C(O)CNC(=O)c1c(O)c2c(F)cccc2n(Cc2ccccc2)c1=O. The molecule has 0 radical (unpaired) electrons. The molecule has 2 aromatic carbocycles. The van der Waals surface area contributed by atoms with Crippen molar-refractivity contribution in [1.29, 1.82) is 0 Å². The second-order valence-electron chi connectivity index (χ2n) is 5.81. The molecule has 0 bridgehead atoms. The van der Waals surface area contributed by atoms with Gasteiger partial charge >= 0.3 is 5.97 Å². The van der Waals surface area contributed by atoms with Crippen molar-refractivity contribution in [2.75, 3.05) is 6.54 Å². The van der Waals surface area contributed by atoms with E-state index in [0.717, 1.165) is 11.6 Å². The van der Waals surface area contributed by atoms with Crippen molar-refractivity contribution in [3.05, 3.63) is 75.8 Å². The highest BCUT2D eigenvalue weighted by atomic mass is 19.1. The predicted octanol–water partition coefficient (Wildman–Crippen LogP) is 1.71. The van der Waals surface area contributed by atoms with Crippen LogP contribution in [0.2, 0.25) is 0 Å². The Morgan fingerprint density at radius 2 is 1.78 bits per heavy atom. The normalized spacial score (nSPS) is 10.7. The van der Waals surface area contributed by atoms with Gasteiger partial charge in [-0.15, -0.1) is 0 Å². The van der Waals surface area contributed by atoms with Crippen LogP contribution in [0.5, 0.6) is 5.75 Å². The van der Waals surface area contributed by atoms with Crippen LogP contribution in [0.25, 0.3) is 10.9 Å². The molecule has 0 spiro atoms. The molecule has 0 saturated carbocycles. The first-order chi connectivity index (χ1) is 12.9. The minimum atomic E-state index is -1.32. The summed E-state index contributed by atoms with van der Waals surface area (Å²) in [6, 6.07) is 12.8. The summed E-state index contributed by atoms with van der Waals surface area (Å²) in [6.45, 7) is -0.704. The van der Waals surface area contributed by atoms with Crippen LogP contribution in [0.4, 0.5) is 4.39 Å². The Morgan fingerprint density at radius 1 is 1.07 bits per heavy atom. The summed E-state index contributed by atoms with van der Waals surface area (Å²) in [5.41, 5.74) is -0.703. The summed E-state index contributed by atoms with van der Waals surface area (Å²) in [6.07, 6.45) is 0. The van der Waals surface area contributed by atoms with E-state index in [1.807, 2.05) is 5.32 Å². The molecule has 0 aliphatic carbocycles. The molecule has 1 aromatic heterocycles. The Labute approximate surface area is 152 Å². The van der Waals surface area contributed by atoms with Crippen molar-refractivity contribution in [1.82, 2.24) is 9.88 Å². The summed E-state index contributed by atoms with van der Waals surface area (Å²) < 4.78 is 15.5. The number of hydrogen-bond acceptors (Lipinski definition) is 4. The third-order valence-electron chi connectivity index (χ3n) is 4.03. The highest BCUT2D eigenvalue weighted by Gasteiger charge is 2.24. The number of aromatic hydroxyl groups is 1. The number of aromatic nitrogens is 1. The highest BCUT2D eigenvalue weighted by molar-refractivity contribution is 6.03. The first-order valence-electron chi connectivity index (χ1n) is 7.98. The number of hydrogen-bond donors (Lipinski definition) is 3. The maximum Gasteiger partial charge on any atom is 0.322 e. The van der Waals surface area contributed by atoms with E-state index in [0.29, 0.717) is 0 Å². The molecule has 0 aliphatic heterocycles. The number of carbonyl (C=O) groups is 2. The number of carboxylic acids is 1. The lowest BCUT2D eigenvalue weighted by Gasteiger charge is -2.15. The first kappa shape index (κ1) is 18.1. The number of amides is 1. The van der Waals surface area contributed by atoms with Crippen LogP contribution in [-0.2, 0) is 11.3 Å². The van der Waals surface area contributed by atoms with Gasteiger partial charge in [0, 0.05) is 0 Å². The zero-order chi connectivity index (χ0) is 19.6. The molecule has 1 heterocycles. The van der Waals surface area contributed by atoms with Gasteiger partial charge in [0.1, 0.15) is 23.7 Å². The Kier molecular flexibility index (Phi) is 4.89. The van der Waals surface area contributed by atoms with Crippen LogP contribution >= 0.6 is 0 Å². The van der Waals surface area contributed by atoms with Crippen molar-refractivity contribution >= 4 is 22.8 Å². The third kappa shape index (κ3) is 3.50. The molecule has 3 N–H and O–H groups in total. The molecular weight excluding hydrogens is 355 g/mol. The number of rotatable bonds is 5. The Bertz CT molecular complexity index is 1090. The van der Waals surface area contributed by atoms with Gasteiger partial charge in [-0.05, 0) is 17.7 Å². The molecule has 0 saturated heterocycles. The summed E-state index contributed by atoms with van der Waals surface area (Å²) >= 11 is 0. The fourth-order valence-corrected chi connectivity index (χ4v) is 2.81. The topological polar surface area (TPSA) is 109 Å².